The lowest BCUT2D eigenvalue weighted by atomic mass is 9.84. The van der Waals surface area contributed by atoms with E-state index in [1.807, 2.05) is 0 Å². The van der Waals surface area contributed by atoms with Gasteiger partial charge in [-0.2, -0.15) is 0 Å². The van der Waals surface area contributed by atoms with Gasteiger partial charge in [0.15, 0.2) is 0 Å². The second kappa shape index (κ2) is 19.9. The number of carbonyl (C=O) groups excluding carboxylic acids is 4. The van der Waals surface area contributed by atoms with Gasteiger partial charge in [0.25, 0.3) is 0 Å². The van der Waals surface area contributed by atoms with Crippen molar-refractivity contribution in [2.75, 3.05) is 0 Å². The maximum Gasteiger partial charge on any atom is 0.223 e. The first kappa shape index (κ1) is 38.7. The van der Waals surface area contributed by atoms with E-state index in [-0.39, 0.29) is 72.5 Å². The predicted octanol–water partition coefficient (Wildman–Crippen LogP) is 7.34. The standard InChI is InChI=1S/C40H70N4O4/c1-27-15-5-11-21-33(27)41-37(45)25-31(39(47)43-35-23-13-7-17-29(35)3)19-9-10-20-32(40(48)44-36-24-14-8-18-30(36)4)26-38(46)42-34-22-12-6-16-28(34)2/h27-36H,5-26H2,1-4H3,(H,41,45)(H,42,46)(H,43,47)(H,44,48). The highest BCUT2D eigenvalue weighted by Gasteiger charge is 2.32. The van der Waals surface area contributed by atoms with E-state index < -0.39 is 0 Å². The summed E-state index contributed by atoms with van der Waals surface area (Å²) in [6.07, 6.45) is 21.1. The molecule has 4 aliphatic carbocycles. The first-order valence-corrected chi connectivity index (χ1v) is 20.3. The van der Waals surface area contributed by atoms with Gasteiger partial charge in [-0.15, -0.1) is 0 Å². The Hall–Kier alpha value is -2.12. The van der Waals surface area contributed by atoms with Crippen LogP contribution >= 0.6 is 0 Å². The summed E-state index contributed by atoms with van der Waals surface area (Å²) in [6, 6.07) is 0.746. The van der Waals surface area contributed by atoms with Gasteiger partial charge in [-0.25, -0.2) is 0 Å². The first-order valence-electron chi connectivity index (χ1n) is 20.3. The predicted molar refractivity (Wildman–Crippen MR) is 193 cm³/mol. The molecule has 8 heteroatoms. The highest BCUT2D eigenvalue weighted by molar-refractivity contribution is 5.87. The summed E-state index contributed by atoms with van der Waals surface area (Å²) in [4.78, 5) is 54.0. The molecule has 0 aromatic rings. The highest BCUT2D eigenvalue weighted by Crippen LogP contribution is 2.29. The molecule has 0 heterocycles. The van der Waals surface area contributed by atoms with Crippen LogP contribution in [0.15, 0.2) is 0 Å². The SMILES string of the molecule is CC1CCCCC1NC(=O)CC(CCCCC(CC(=O)NC1CCCCC1C)C(=O)NC1CCCCC1C)C(=O)NC1CCCCC1C. The Morgan fingerprint density at radius 3 is 1.00 bits per heavy atom. The molecule has 4 fully saturated rings. The van der Waals surface area contributed by atoms with Crippen molar-refractivity contribution in [1.82, 2.24) is 21.3 Å². The summed E-state index contributed by atoms with van der Waals surface area (Å²) < 4.78 is 0. The van der Waals surface area contributed by atoms with Crippen LogP contribution in [0.5, 0.6) is 0 Å². The van der Waals surface area contributed by atoms with Crippen LogP contribution in [0.1, 0.15) is 169 Å². The average molecular weight is 671 g/mol. The molecule has 0 spiro atoms. The quantitative estimate of drug-likeness (QED) is 0.137. The van der Waals surface area contributed by atoms with Crippen molar-refractivity contribution >= 4 is 23.6 Å². The van der Waals surface area contributed by atoms with Gasteiger partial charge in [0.05, 0.1) is 0 Å². The molecule has 4 N–H and O–H groups in total. The van der Waals surface area contributed by atoms with Gasteiger partial charge in [-0.05, 0) is 87.9 Å². The topological polar surface area (TPSA) is 116 Å². The molecule has 0 saturated heterocycles. The number of nitrogens with one attached hydrogen (secondary N) is 4. The second-order valence-electron chi connectivity index (χ2n) is 16.7. The molecule has 8 nitrogen and oxygen atoms in total. The summed E-state index contributed by atoms with van der Waals surface area (Å²) in [5.41, 5.74) is 0. The van der Waals surface area contributed by atoms with Crippen molar-refractivity contribution in [1.29, 1.82) is 0 Å². The molecule has 4 rings (SSSR count). The molecule has 10 atom stereocenters. The summed E-state index contributed by atoms with van der Waals surface area (Å²) in [7, 11) is 0. The van der Waals surface area contributed by atoms with E-state index in [1.54, 1.807) is 0 Å². The lowest BCUT2D eigenvalue weighted by molar-refractivity contribution is -0.132. The fraction of sp³-hybridized carbons (Fsp3) is 0.900. The normalized spacial score (nSPS) is 32.3. The van der Waals surface area contributed by atoms with Crippen LogP contribution in [0.3, 0.4) is 0 Å². The van der Waals surface area contributed by atoms with Gasteiger partial charge in [0, 0.05) is 48.8 Å². The van der Waals surface area contributed by atoms with Crippen molar-refractivity contribution < 1.29 is 19.2 Å². The van der Waals surface area contributed by atoms with E-state index in [9.17, 15) is 19.2 Å². The van der Waals surface area contributed by atoms with Crippen LogP contribution in [0.4, 0.5) is 0 Å². The summed E-state index contributed by atoms with van der Waals surface area (Å²) in [5, 5.41) is 13.2. The van der Waals surface area contributed by atoms with Crippen molar-refractivity contribution in [2.24, 2.45) is 35.5 Å². The van der Waals surface area contributed by atoms with Gasteiger partial charge < -0.3 is 21.3 Å². The Kier molecular flexibility index (Phi) is 16.0. The minimum absolute atomic E-state index is 0.00199. The summed E-state index contributed by atoms with van der Waals surface area (Å²) in [5.74, 6) is 1.05. The van der Waals surface area contributed by atoms with Gasteiger partial charge in [0.2, 0.25) is 23.6 Å². The van der Waals surface area contributed by atoms with E-state index in [1.165, 1.54) is 25.7 Å². The van der Waals surface area contributed by atoms with E-state index in [0.717, 1.165) is 89.9 Å². The molecule has 0 bridgehead atoms. The largest absolute Gasteiger partial charge is 0.353 e. The van der Waals surface area contributed by atoms with E-state index in [0.29, 0.717) is 36.5 Å². The third-order valence-corrected chi connectivity index (χ3v) is 12.8. The number of hydrogen-bond acceptors (Lipinski definition) is 4. The molecule has 4 amide bonds. The lowest BCUT2D eigenvalue weighted by Gasteiger charge is -2.32. The maximum atomic E-state index is 13.7. The zero-order chi connectivity index (χ0) is 34.5. The van der Waals surface area contributed by atoms with Crippen LogP contribution in [0, 0.1) is 35.5 Å². The van der Waals surface area contributed by atoms with Gasteiger partial charge >= 0.3 is 0 Å². The summed E-state index contributed by atoms with van der Waals surface area (Å²) >= 11 is 0. The van der Waals surface area contributed by atoms with Gasteiger partial charge in [-0.3, -0.25) is 19.2 Å². The van der Waals surface area contributed by atoms with Crippen molar-refractivity contribution in [3.05, 3.63) is 0 Å². The van der Waals surface area contributed by atoms with E-state index in [2.05, 4.69) is 49.0 Å². The lowest BCUT2D eigenvalue weighted by Crippen LogP contribution is -2.46. The Bertz CT molecular complexity index is 955. The minimum atomic E-state index is -0.385. The van der Waals surface area contributed by atoms with Gasteiger partial charge in [0.1, 0.15) is 0 Å². The molecule has 48 heavy (non-hydrogen) atoms. The molecule has 0 aromatic heterocycles. The van der Waals surface area contributed by atoms with Crippen LogP contribution < -0.4 is 21.3 Å². The fourth-order valence-electron chi connectivity index (χ4n) is 9.14. The van der Waals surface area contributed by atoms with E-state index >= 15 is 0 Å². The van der Waals surface area contributed by atoms with E-state index in [4.69, 9.17) is 0 Å². The molecule has 274 valence electrons. The van der Waals surface area contributed by atoms with Crippen LogP contribution in [-0.2, 0) is 19.2 Å². The van der Waals surface area contributed by atoms with Crippen LogP contribution in [0.25, 0.3) is 0 Å². The number of unbranched alkanes of at least 4 members (excludes halogenated alkanes) is 1. The maximum absolute atomic E-state index is 13.7. The zero-order valence-electron chi connectivity index (χ0n) is 31.0. The van der Waals surface area contributed by atoms with Crippen molar-refractivity contribution in [3.8, 4) is 0 Å². The molecule has 4 saturated carbocycles. The molecular formula is C40H70N4O4. The Labute approximate surface area is 292 Å². The fourth-order valence-corrected chi connectivity index (χ4v) is 9.14. The Morgan fingerprint density at radius 2 is 0.708 bits per heavy atom. The number of carbonyl (C=O) groups is 4. The Balaban J connectivity index is 1.35. The summed E-state index contributed by atoms with van der Waals surface area (Å²) in [6.45, 7) is 8.88. The zero-order valence-corrected chi connectivity index (χ0v) is 31.0. The molecule has 0 aromatic carbocycles. The molecular weight excluding hydrogens is 600 g/mol. The van der Waals surface area contributed by atoms with Crippen LogP contribution in [-0.4, -0.2) is 47.8 Å². The smallest absolute Gasteiger partial charge is 0.223 e. The Morgan fingerprint density at radius 1 is 0.438 bits per heavy atom. The average Bonchev–Trinajstić information content (AvgIpc) is 3.06. The second-order valence-corrected chi connectivity index (χ2v) is 16.7. The third-order valence-electron chi connectivity index (χ3n) is 12.8. The van der Waals surface area contributed by atoms with Gasteiger partial charge in [-0.1, -0.05) is 91.9 Å². The molecule has 0 aliphatic heterocycles. The first-order chi connectivity index (χ1) is 23.1. The highest BCUT2D eigenvalue weighted by atomic mass is 16.2. The number of hydrogen-bond donors (Lipinski definition) is 4. The number of amides is 4. The molecule has 10 unspecified atom stereocenters. The third kappa shape index (κ3) is 12.3. The minimum Gasteiger partial charge on any atom is -0.353 e. The van der Waals surface area contributed by atoms with Crippen molar-refractivity contribution in [3.63, 3.8) is 0 Å². The monoisotopic (exact) mass is 671 g/mol. The van der Waals surface area contributed by atoms with Crippen molar-refractivity contribution in [2.45, 2.75) is 193 Å². The molecule has 0 radical (unpaired) electrons. The van der Waals surface area contributed by atoms with Crippen LogP contribution in [0.2, 0.25) is 0 Å². The molecule has 4 aliphatic rings. The number of rotatable bonds is 15.